The Morgan fingerprint density at radius 1 is 1.21 bits per heavy atom. The van der Waals surface area contributed by atoms with Crippen molar-refractivity contribution < 1.29 is 48.9 Å². The summed E-state index contributed by atoms with van der Waals surface area (Å²) in [6.07, 6.45) is 2.84. The Morgan fingerprint density at radius 3 is 1.93 bits per heavy atom. The average Bonchev–Trinajstić information content (AvgIpc) is 1.90. The molecular weight excluding hydrogens is 238 g/mol. The summed E-state index contributed by atoms with van der Waals surface area (Å²) in [6, 6.07) is 3.08. The quantitative estimate of drug-likeness (QED) is 0.542. The van der Waals surface area contributed by atoms with Gasteiger partial charge in [-0.05, 0) is 12.1 Å². The maximum absolute atomic E-state index is 10.2. The number of aromatic nitrogens is 1. The Bertz CT molecular complexity index is 219. The molecule has 86 valence electrons. The molecule has 0 saturated carbocycles. The summed E-state index contributed by atoms with van der Waals surface area (Å²) in [5.41, 5.74) is 0.220. The fraction of sp³-hybridized carbons (Fsp3) is 0. The third-order valence-corrected chi connectivity index (χ3v) is 0.908. The number of pyridine rings is 1. The molecule has 1 heterocycles. The Kier molecular flexibility index (Phi) is 30.3. The number of aromatic carboxylic acids is 1. The van der Waals surface area contributed by atoms with Gasteiger partial charge in [0.05, 0.1) is 5.56 Å². The summed E-state index contributed by atoms with van der Waals surface area (Å²) >= 11 is 0. The van der Waals surface area contributed by atoms with E-state index in [1.807, 2.05) is 0 Å². The number of carboxylic acids is 1. The van der Waals surface area contributed by atoms with E-state index < -0.39 is 5.97 Å². The van der Waals surface area contributed by atoms with E-state index >= 15 is 0 Å². The minimum Gasteiger partial charge on any atom is -0.478 e. The number of carboxylic acid groups (broad SMARTS) is 1. The van der Waals surface area contributed by atoms with Crippen LogP contribution in [0.5, 0.6) is 0 Å². The molecule has 0 atom stereocenters. The molecule has 0 fully saturated rings. The van der Waals surface area contributed by atoms with Crippen molar-refractivity contribution in [1.82, 2.24) is 4.98 Å². The molecule has 0 amide bonds. The van der Waals surface area contributed by atoms with Crippen LogP contribution in [0.25, 0.3) is 0 Å². The van der Waals surface area contributed by atoms with E-state index in [-0.39, 0.29) is 44.5 Å². The molecule has 1 aromatic rings. The molecule has 0 aromatic carbocycles. The van der Waals surface area contributed by atoms with E-state index in [1.165, 1.54) is 18.5 Å². The van der Waals surface area contributed by atoms with E-state index in [0.717, 1.165) is 0 Å². The molecule has 0 aliphatic carbocycles. The second kappa shape index (κ2) is 14.5. The van der Waals surface area contributed by atoms with Crippen LogP contribution in [0.1, 0.15) is 10.4 Å². The predicted octanol–water partition coefficient (Wildman–Crippen LogP) is -2.52. The van der Waals surface area contributed by atoms with E-state index in [1.54, 1.807) is 6.07 Å². The molecule has 14 heavy (non-hydrogen) atoms. The monoisotopic (exact) mass is 251 g/mol. The van der Waals surface area contributed by atoms with E-state index in [9.17, 15) is 4.79 Å². The SMILES string of the molecule is O.O.O.O.O=C(O)c1cccnc1.[Fe]. The third kappa shape index (κ3) is 9.07. The summed E-state index contributed by atoms with van der Waals surface area (Å²) in [7, 11) is 0. The van der Waals surface area contributed by atoms with Gasteiger partial charge in [0, 0.05) is 29.5 Å². The Hall–Kier alpha value is -1.02. The van der Waals surface area contributed by atoms with Crippen LogP contribution >= 0.6 is 0 Å². The van der Waals surface area contributed by atoms with Gasteiger partial charge in [-0.15, -0.1) is 0 Å². The van der Waals surface area contributed by atoms with Gasteiger partial charge in [-0.25, -0.2) is 4.79 Å². The zero-order valence-corrected chi connectivity index (χ0v) is 8.07. The summed E-state index contributed by atoms with van der Waals surface area (Å²) < 4.78 is 0. The standard InChI is InChI=1S/C6H5NO2.Fe.4H2O/c8-6(9)5-2-1-3-7-4-5;;;;;/h1-4H,(H,8,9);;4*1H2. The van der Waals surface area contributed by atoms with Crippen molar-refractivity contribution >= 4 is 5.97 Å². The van der Waals surface area contributed by atoms with Crippen molar-refractivity contribution in [1.29, 1.82) is 0 Å². The topological polar surface area (TPSA) is 176 Å². The van der Waals surface area contributed by atoms with Gasteiger partial charge in [0.15, 0.2) is 0 Å². The van der Waals surface area contributed by atoms with Crippen molar-refractivity contribution in [2.45, 2.75) is 0 Å². The van der Waals surface area contributed by atoms with Crippen LogP contribution in [0.4, 0.5) is 0 Å². The maximum atomic E-state index is 10.2. The number of nitrogens with zero attached hydrogens (tertiary/aromatic N) is 1. The molecular formula is C6H13FeNO6. The molecule has 0 unspecified atom stereocenters. The van der Waals surface area contributed by atoms with Crippen molar-refractivity contribution in [2.75, 3.05) is 0 Å². The normalized spacial score (nSPS) is 5.71. The van der Waals surface area contributed by atoms with Crippen molar-refractivity contribution in [2.24, 2.45) is 0 Å². The van der Waals surface area contributed by atoms with Crippen LogP contribution in [0.3, 0.4) is 0 Å². The average molecular weight is 251 g/mol. The van der Waals surface area contributed by atoms with Crippen molar-refractivity contribution in [3.63, 3.8) is 0 Å². The van der Waals surface area contributed by atoms with Gasteiger partial charge in [-0.2, -0.15) is 0 Å². The second-order valence-electron chi connectivity index (χ2n) is 1.55. The summed E-state index contributed by atoms with van der Waals surface area (Å²) in [4.78, 5) is 13.8. The molecule has 0 saturated heterocycles. The van der Waals surface area contributed by atoms with Gasteiger partial charge in [-0.3, -0.25) is 4.98 Å². The predicted molar refractivity (Wildman–Crippen MR) is 45.7 cm³/mol. The zero-order valence-electron chi connectivity index (χ0n) is 6.97. The van der Waals surface area contributed by atoms with E-state index in [4.69, 9.17) is 5.11 Å². The maximum Gasteiger partial charge on any atom is 0.337 e. The third-order valence-electron chi connectivity index (χ3n) is 0.908. The minimum atomic E-state index is -0.942. The molecule has 0 bridgehead atoms. The number of carbonyl (C=O) groups is 1. The van der Waals surface area contributed by atoms with Gasteiger partial charge < -0.3 is 27.0 Å². The van der Waals surface area contributed by atoms with E-state index in [2.05, 4.69) is 4.98 Å². The van der Waals surface area contributed by atoms with Crippen LogP contribution in [0.15, 0.2) is 24.5 Å². The van der Waals surface area contributed by atoms with E-state index in [0.29, 0.717) is 0 Å². The van der Waals surface area contributed by atoms with Crippen molar-refractivity contribution in [3.8, 4) is 0 Å². The molecule has 9 N–H and O–H groups in total. The fourth-order valence-corrected chi connectivity index (χ4v) is 0.489. The van der Waals surface area contributed by atoms with Gasteiger partial charge in [0.25, 0.3) is 0 Å². The first kappa shape index (κ1) is 29.3. The van der Waals surface area contributed by atoms with Crippen LogP contribution < -0.4 is 0 Å². The summed E-state index contributed by atoms with van der Waals surface area (Å²) in [5.74, 6) is -0.942. The second-order valence-corrected chi connectivity index (χ2v) is 1.55. The minimum absolute atomic E-state index is 0. The molecule has 1 rings (SSSR count). The van der Waals surface area contributed by atoms with Crippen LogP contribution in [-0.2, 0) is 17.1 Å². The molecule has 1 aromatic heterocycles. The van der Waals surface area contributed by atoms with Crippen LogP contribution in [0.2, 0.25) is 0 Å². The molecule has 0 aliphatic rings. The summed E-state index contributed by atoms with van der Waals surface area (Å²) in [5, 5.41) is 8.34. The van der Waals surface area contributed by atoms with Gasteiger partial charge in [0.2, 0.25) is 0 Å². The Balaban J connectivity index is -0.0000000540. The largest absolute Gasteiger partial charge is 0.478 e. The first-order valence-corrected chi connectivity index (χ1v) is 2.44. The fourth-order valence-electron chi connectivity index (χ4n) is 0.489. The van der Waals surface area contributed by atoms with Crippen molar-refractivity contribution in [3.05, 3.63) is 30.1 Å². The number of hydrogen-bond acceptors (Lipinski definition) is 2. The molecule has 0 radical (unpaired) electrons. The van der Waals surface area contributed by atoms with Gasteiger partial charge in [0.1, 0.15) is 0 Å². The molecule has 0 spiro atoms. The smallest absolute Gasteiger partial charge is 0.337 e. The van der Waals surface area contributed by atoms with Gasteiger partial charge in [-0.1, -0.05) is 0 Å². The zero-order chi connectivity index (χ0) is 6.69. The molecule has 7 nitrogen and oxygen atoms in total. The summed E-state index contributed by atoms with van der Waals surface area (Å²) in [6.45, 7) is 0. The van der Waals surface area contributed by atoms with Crippen LogP contribution in [-0.4, -0.2) is 38.0 Å². The molecule has 0 aliphatic heterocycles. The first-order chi connectivity index (χ1) is 4.30. The van der Waals surface area contributed by atoms with Gasteiger partial charge >= 0.3 is 5.97 Å². The number of hydrogen-bond donors (Lipinski definition) is 1. The Labute approximate surface area is 90.5 Å². The number of rotatable bonds is 1. The Morgan fingerprint density at radius 2 is 1.71 bits per heavy atom. The van der Waals surface area contributed by atoms with Crippen LogP contribution in [0, 0.1) is 0 Å². The first-order valence-electron chi connectivity index (χ1n) is 2.44. The molecule has 8 heteroatoms.